The minimum absolute atomic E-state index is 0.164. The quantitative estimate of drug-likeness (QED) is 0.735. The smallest absolute Gasteiger partial charge is 0.269 e. The van der Waals surface area contributed by atoms with Crippen LogP contribution in [0.2, 0.25) is 0 Å². The summed E-state index contributed by atoms with van der Waals surface area (Å²) >= 11 is 4.85. The lowest BCUT2D eigenvalue weighted by Crippen LogP contribution is -2.32. The number of thiocarbonyl (C=S) groups is 1. The van der Waals surface area contributed by atoms with Crippen LogP contribution in [0.3, 0.4) is 0 Å². The molecule has 88 valence electrons. The van der Waals surface area contributed by atoms with Gasteiger partial charge in [-0.25, -0.2) is 0 Å². The largest absolute Gasteiger partial charge is 0.303 e. The fourth-order valence-electron chi connectivity index (χ4n) is 0.990. The molecule has 8 heteroatoms. The Morgan fingerprint density at radius 2 is 2.25 bits per heavy atom. The van der Waals surface area contributed by atoms with E-state index in [1.54, 1.807) is 0 Å². The first-order valence-electron chi connectivity index (χ1n) is 4.83. The van der Waals surface area contributed by atoms with Gasteiger partial charge in [-0.15, -0.1) is 5.10 Å². The fourth-order valence-corrected chi connectivity index (χ4v) is 1.22. The first kappa shape index (κ1) is 12.5. The van der Waals surface area contributed by atoms with Crippen LogP contribution in [0.15, 0.2) is 0 Å². The molecule has 0 aliphatic rings. The Morgan fingerprint density at radius 3 is 2.81 bits per heavy atom. The number of tetrazole rings is 1. The summed E-state index contributed by atoms with van der Waals surface area (Å²) in [5.41, 5.74) is 0. The van der Waals surface area contributed by atoms with Gasteiger partial charge in [0.15, 0.2) is 5.11 Å². The Kier molecular flexibility index (Phi) is 4.29. The lowest BCUT2D eigenvalue weighted by atomic mass is 10.2. The van der Waals surface area contributed by atoms with Crippen molar-refractivity contribution >= 4 is 29.2 Å². The summed E-state index contributed by atoms with van der Waals surface area (Å²) in [6, 6.07) is 0. The molecule has 16 heavy (non-hydrogen) atoms. The van der Waals surface area contributed by atoms with Crippen molar-refractivity contribution in [1.82, 2.24) is 25.5 Å². The van der Waals surface area contributed by atoms with Crippen molar-refractivity contribution in [2.45, 2.75) is 27.3 Å². The Labute approximate surface area is 98.6 Å². The predicted molar refractivity (Wildman–Crippen MR) is 62.7 cm³/mol. The van der Waals surface area contributed by atoms with Crippen LogP contribution in [0.4, 0.5) is 5.95 Å². The van der Waals surface area contributed by atoms with Gasteiger partial charge in [0.25, 0.3) is 5.95 Å². The van der Waals surface area contributed by atoms with E-state index in [0.717, 1.165) is 0 Å². The maximum absolute atomic E-state index is 10.7. The zero-order chi connectivity index (χ0) is 12.1. The number of anilines is 1. The molecule has 0 atom stereocenters. The number of nitrogens with one attached hydrogen (secondary N) is 2. The van der Waals surface area contributed by atoms with Crippen molar-refractivity contribution in [2.24, 2.45) is 5.92 Å². The highest BCUT2D eigenvalue weighted by molar-refractivity contribution is 7.80. The number of amides is 1. The van der Waals surface area contributed by atoms with E-state index in [4.69, 9.17) is 12.2 Å². The molecule has 1 rings (SSSR count). The van der Waals surface area contributed by atoms with Crippen molar-refractivity contribution in [2.75, 3.05) is 5.32 Å². The van der Waals surface area contributed by atoms with Crippen molar-refractivity contribution in [3.8, 4) is 0 Å². The Hall–Kier alpha value is -1.57. The van der Waals surface area contributed by atoms with Gasteiger partial charge < -0.3 is 5.32 Å². The third kappa shape index (κ3) is 4.30. The van der Waals surface area contributed by atoms with E-state index < -0.39 is 0 Å². The van der Waals surface area contributed by atoms with E-state index in [0.29, 0.717) is 12.5 Å². The molecule has 1 heterocycles. The topological polar surface area (TPSA) is 84.7 Å². The molecule has 1 amide bonds. The summed E-state index contributed by atoms with van der Waals surface area (Å²) in [5, 5.41) is 16.8. The molecule has 0 fully saturated rings. The molecular formula is C8H14N6OS. The summed E-state index contributed by atoms with van der Waals surface area (Å²) in [5.74, 6) is 0.468. The van der Waals surface area contributed by atoms with Gasteiger partial charge in [0, 0.05) is 6.92 Å². The van der Waals surface area contributed by atoms with Crippen LogP contribution in [-0.2, 0) is 11.3 Å². The van der Waals surface area contributed by atoms with Gasteiger partial charge in [-0.3, -0.25) is 10.1 Å². The van der Waals surface area contributed by atoms with E-state index in [-0.39, 0.29) is 17.0 Å². The maximum atomic E-state index is 10.7. The van der Waals surface area contributed by atoms with Crippen LogP contribution in [0.5, 0.6) is 0 Å². The van der Waals surface area contributed by atoms with Gasteiger partial charge in [0.05, 0.1) is 6.54 Å². The molecule has 0 aliphatic carbocycles. The summed E-state index contributed by atoms with van der Waals surface area (Å²) in [6.45, 7) is 6.16. The minimum Gasteiger partial charge on any atom is -0.303 e. The number of aromatic nitrogens is 4. The van der Waals surface area contributed by atoms with Gasteiger partial charge in [-0.1, -0.05) is 18.9 Å². The molecule has 0 unspecified atom stereocenters. The molecule has 7 nitrogen and oxygen atoms in total. The molecule has 0 saturated carbocycles. The molecule has 0 spiro atoms. The SMILES string of the molecule is CC(=O)NC(=S)Nc1nnn(CC(C)C)n1. The molecule has 0 aliphatic heterocycles. The van der Waals surface area contributed by atoms with Crippen molar-refractivity contribution in [3.63, 3.8) is 0 Å². The number of rotatable bonds is 3. The molecule has 2 N–H and O–H groups in total. The van der Waals surface area contributed by atoms with Gasteiger partial charge in [-0.05, 0) is 23.3 Å². The van der Waals surface area contributed by atoms with Gasteiger partial charge in [0.1, 0.15) is 0 Å². The first-order chi connectivity index (χ1) is 7.47. The summed E-state index contributed by atoms with van der Waals surface area (Å²) in [6.07, 6.45) is 0. The molecule has 1 aromatic rings. The lowest BCUT2D eigenvalue weighted by molar-refractivity contribution is -0.117. The molecule has 1 aromatic heterocycles. The van der Waals surface area contributed by atoms with Crippen molar-refractivity contribution in [3.05, 3.63) is 0 Å². The van der Waals surface area contributed by atoms with Crippen LogP contribution in [0.1, 0.15) is 20.8 Å². The van der Waals surface area contributed by atoms with Gasteiger partial charge >= 0.3 is 0 Å². The Balaban J connectivity index is 2.51. The summed E-state index contributed by atoms with van der Waals surface area (Å²) < 4.78 is 0. The maximum Gasteiger partial charge on any atom is 0.269 e. The van der Waals surface area contributed by atoms with E-state index in [2.05, 4.69) is 39.9 Å². The van der Waals surface area contributed by atoms with Crippen LogP contribution in [0.25, 0.3) is 0 Å². The second-order valence-corrected chi connectivity index (χ2v) is 4.11. The minimum atomic E-state index is -0.243. The fraction of sp³-hybridized carbons (Fsp3) is 0.625. The number of carbonyl (C=O) groups excluding carboxylic acids is 1. The van der Waals surface area contributed by atoms with Crippen LogP contribution in [0, 0.1) is 5.92 Å². The van der Waals surface area contributed by atoms with Crippen LogP contribution < -0.4 is 10.6 Å². The molecule has 0 bridgehead atoms. The standard InChI is InChI=1S/C8H14N6OS/c1-5(2)4-14-12-7(11-13-14)10-8(16)9-6(3)15/h5H,4H2,1-3H3,(H2,9,10,12,15,16). The Bertz CT molecular complexity index is 388. The highest BCUT2D eigenvalue weighted by Crippen LogP contribution is 1.98. The molecule has 0 saturated heterocycles. The van der Waals surface area contributed by atoms with Gasteiger partial charge in [0.2, 0.25) is 5.91 Å². The first-order valence-corrected chi connectivity index (χ1v) is 5.24. The van der Waals surface area contributed by atoms with Crippen LogP contribution in [-0.4, -0.2) is 31.2 Å². The zero-order valence-corrected chi connectivity index (χ0v) is 10.2. The Morgan fingerprint density at radius 1 is 1.56 bits per heavy atom. The van der Waals surface area contributed by atoms with E-state index in [1.165, 1.54) is 11.7 Å². The third-order valence-corrected chi connectivity index (χ3v) is 1.70. The average molecular weight is 242 g/mol. The highest BCUT2D eigenvalue weighted by Gasteiger charge is 2.06. The number of nitrogens with zero attached hydrogens (tertiary/aromatic N) is 4. The molecule has 0 aromatic carbocycles. The van der Waals surface area contributed by atoms with E-state index in [9.17, 15) is 4.79 Å². The third-order valence-electron chi connectivity index (χ3n) is 1.50. The highest BCUT2D eigenvalue weighted by atomic mass is 32.1. The second-order valence-electron chi connectivity index (χ2n) is 3.70. The molecule has 0 radical (unpaired) electrons. The molecular weight excluding hydrogens is 228 g/mol. The monoisotopic (exact) mass is 242 g/mol. The van der Waals surface area contributed by atoms with Crippen LogP contribution >= 0.6 is 12.2 Å². The van der Waals surface area contributed by atoms with Crippen molar-refractivity contribution < 1.29 is 4.79 Å². The summed E-state index contributed by atoms with van der Waals surface area (Å²) in [7, 11) is 0. The number of hydrogen-bond donors (Lipinski definition) is 2. The number of hydrogen-bond acceptors (Lipinski definition) is 5. The van der Waals surface area contributed by atoms with E-state index in [1.807, 2.05) is 0 Å². The van der Waals surface area contributed by atoms with Gasteiger partial charge in [-0.2, -0.15) is 4.80 Å². The van der Waals surface area contributed by atoms with Crippen molar-refractivity contribution in [1.29, 1.82) is 0 Å². The number of carbonyl (C=O) groups is 1. The average Bonchev–Trinajstić information content (AvgIpc) is 2.49. The second kappa shape index (κ2) is 5.50. The lowest BCUT2D eigenvalue weighted by Gasteiger charge is -2.03. The normalized spacial score (nSPS) is 10.2. The van der Waals surface area contributed by atoms with E-state index >= 15 is 0 Å². The summed E-state index contributed by atoms with van der Waals surface area (Å²) in [4.78, 5) is 12.2. The predicted octanol–water partition coefficient (Wildman–Crippen LogP) is 0.162. The zero-order valence-electron chi connectivity index (χ0n) is 9.39.